The molecule has 0 aliphatic carbocycles. The number of carbonyl (C=O) groups excluding carboxylic acids is 2. The lowest BCUT2D eigenvalue weighted by Gasteiger charge is -2.18. The molecule has 1 rings (SSSR count). The van der Waals surface area contributed by atoms with Crippen molar-refractivity contribution in [2.45, 2.75) is 38.9 Å². The van der Waals surface area contributed by atoms with E-state index >= 15 is 0 Å². The molecule has 0 aliphatic rings. The molecule has 7 nitrogen and oxygen atoms in total. The van der Waals surface area contributed by atoms with Crippen molar-refractivity contribution in [2.24, 2.45) is 0 Å². The Bertz CT molecular complexity index is 638. The molecule has 0 saturated heterocycles. The van der Waals surface area contributed by atoms with Crippen molar-refractivity contribution in [3.63, 3.8) is 0 Å². The lowest BCUT2D eigenvalue weighted by Crippen LogP contribution is -2.31. The molecule has 1 aromatic rings. The number of carbonyl (C=O) groups is 3. The zero-order valence-corrected chi connectivity index (χ0v) is 14.4. The first-order chi connectivity index (χ1) is 11.6. The van der Waals surface area contributed by atoms with Gasteiger partial charge in [0.05, 0.1) is 0 Å². The molecule has 0 bridgehead atoms. The fraction of sp³-hybridized carbons (Fsp3) is 0.389. The number of carboxylic acid groups (broad SMARTS) is 1. The molecule has 2 N–H and O–H groups in total. The van der Waals surface area contributed by atoms with Crippen LogP contribution < -0.4 is 4.74 Å². The second kappa shape index (κ2) is 8.98. The van der Waals surface area contributed by atoms with Crippen molar-refractivity contribution < 1.29 is 34.1 Å². The number of hydrogen-bond donors (Lipinski definition) is 2. The Morgan fingerprint density at radius 2 is 1.76 bits per heavy atom. The standard InChI is InChI=1S/C18H22O7/c1-4-13(11-24-16(21)10-9-15(19)20)25-14-7-5-12(6-8-14)17(22)18(2,3)23/h5-10,13,23H,4,11H2,1-3H3,(H,19,20)/b10-9+. The van der Waals surface area contributed by atoms with Gasteiger partial charge < -0.3 is 19.7 Å². The molecule has 136 valence electrons. The largest absolute Gasteiger partial charge is 0.487 e. The van der Waals surface area contributed by atoms with E-state index in [2.05, 4.69) is 0 Å². The highest BCUT2D eigenvalue weighted by Crippen LogP contribution is 2.18. The van der Waals surface area contributed by atoms with E-state index in [1.54, 1.807) is 24.3 Å². The second-order valence-corrected chi connectivity index (χ2v) is 5.86. The lowest BCUT2D eigenvalue weighted by atomic mass is 9.97. The Morgan fingerprint density at radius 1 is 1.16 bits per heavy atom. The van der Waals surface area contributed by atoms with E-state index in [4.69, 9.17) is 14.6 Å². The van der Waals surface area contributed by atoms with E-state index in [0.29, 0.717) is 23.8 Å². The lowest BCUT2D eigenvalue weighted by molar-refractivity contribution is -0.141. The third kappa shape index (κ3) is 7.17. The van der Waals surface area contributed by atoms with Gasteiger partial charge in [-0.1, -0.05) is 6.92 Å². The van der Waals surface area contributed by atoms with Crippen molar-refractivity contribution in [3.05, 3.63) is 42.0 Å². The average molecular weight is 350 g/mol. The van der Waals surface area contributed by atoms with E-state index in [0.717, 1.165) is 6.08 Å². The first-order valence-corrected chi connectivity index (χ1v) is 7.75. The summed E-state index contributed by atoms with van der Waals surface area (Å²) in [6, 6.07) is 6.27. The van der Waals surface area contributed by atoms with Gasteiger partial charge in [0.15, 0.2) is 5.78 Å². The molecule has 7 heteroatoms. The molecule has 0 radical (unpaired) electrons. The van der Waals surface area contributed by atoms with E-state index in [9.17, 15) is 19.5 Å². The third-order valence-electron chi connectivity index (χ3n) is 3.20. The summed E-state index contributed by atoms with van der Waals surface area (Å²) in [5.74, 6) is -1.92. The van der Waals surface area contributed by atoms with Crippen LogP contribution >= 0.6 is 0 Å². The molecule has 0 saturated carbocycles. The number of esters is 1. The number of ether oxygens (including phenoxy) is 2. The fourth-order valence-corrected chi connectivity index (χ4v) is 1.83. The van der Waals surface area contributed by atoms with E-state index in [1.807, 2.05) is 6.92 Å². The number of ketones is 1. The SMILES string of the molecule is CCC(COC(=O)/C=C/C(=O)O)Oc1ccc(C(=O)C(C)(C)O)cc1. The Morgan fingerprint density at radius 3 is 2.24 bits per heavy atom. The first-order valence-electron chi connectivity index (χ1n) is 7.75. The summed E-state index contributed by atoms with van der Waals surface area (Å²) in [5.41, 5.74) is -1.09. The number of aliphatic hydroxyl groups is 1. The number of rotatable bonds is 9. The van der Waals surface area contributed by atoms with Crippen LogP contribution in [0.5, 0.6) is 5.75 Å². The van der Waals surface area contributed by atoms with Crippen LogP contribution in [0.2, 0.25) is 0 Å². The van der Waals surface area contributed by atoms with Gasteiger partial charge in [0.2, 0.25) is 0 Å². The molecule has 0 aromatic heterocycles. The van der Waals surface area contributed by atoms with Crippen LogP contribution in [-0.2, 0) is 14.3 Å². The number of Topliss-reactive ketones (excluding diaryl/α,β-unsaturated/α-hetero) is 1. The number of carboxylic acids is 1. The summed E-state index contributed by atoms with van der Waals surface area (Å²) in [4.78, 5) is 33.6. The molecule has 1 aromatic carbocycles. The molecule has 0 aliphatic heterocycles. The normalized spacial score (nSPS) is 12.6. The predicted molar refractivity (Wildman–Crippen MR) is 89.5 cm³/mol. The minimum Gasteiger partial charge on any atom is -0.487 e. The topological polar surface area (TPSA) is 110 Å². The van der Waals surface area contributed by atoms with Crippen molar-refractivity contribution >= 4 is 17.7 Å². The maximum absolute atomic E-state index is 11.9. The van der Waals surface area contributed by atoms with E-state index in [-0.39, 0.29) is 6.61 Å². The molecular weight excluding hydrogens is 328 g/mol. The predicted octanol–water partition coefficient (Wildman–Crippen LogP) is 1.98. The highest BCUT2D eigenvalue weighted by atomic mass is 16.6. The molecule has 25 heavy (non-hydrogen) atoms. The van der Waals surface area contributed by atoms with Crippen LogP contribution in [0.1, 0.15) is 37.6 Å². The van der Waals surface area contributed by atoms with E-state index < -0.39 is 29.4 Å². The molecule has 1 unspecified atom stereocenters. The zero-order valence-electron chi connectivity index (χ0n) is 14.4. The number of aliphatic carboxylic acids is 1. The van der Waals surface area contributed by atoms with Crippen LogP contribution in [0.4, 0.5) is 0 Å². The van der Waals surface area contributed by atoms with Crippen molar-refractivity contribution in [1.29, 1.82) is 0 Å². The summed E-state index contributed by atoms with van der Waals surface area (Å²) in [7, 11) is 0. The quantitative estimate of drug-likeness (QED) is 0.398. The maximum Gasteiger partial charge on any atom is 0.331 e. The molecule has 0 spiro atoms. The van der Waals surface area contributed by atoms with Crippen molar-refractivity contribution in [3.8, 4) is 5.75 Å². The van der Waals surface area contributed by atoms with Crippen LogP contribution in [-0.4, -0.2) is 46.2 Å². The average Bonchev–Trinajstić information content (AvgIpc) is 2.55. The van der Waals surface area contributed by atoms with Gasteiger partial charge in [0.25, 0.3) is 0 Å². The summed E-state index contributed by atoms with van der Waals surface area (Å²) in [6.45, 7) is 4.64. The highest BCUT2D eigenvalue weighted by Gasteiger charge is 2.25. The maximum atomic E-state index is 11.9. The number of hydrogen-bond acceptors (Lipinski definition) is 6. The van der Waals surface area contributed by atoms with Crippen molar-refractivity contribution in [2.75, 3.05) is 6.61 Å². The van der Waals surface area contributed by atoms with Gasteiger partial charge in [-0.2, -0.15) is 0 Å². The van der Waals surface area contributed by atoms with Crippen LogP contribution in [0.3, 0.4) is 0 Å². The second-order valence-electron chi connectivity index (χ2n) is 5.86. The first kappa shape index (κ1) is 20.4. The summed E-state index contributed by atoms with van der Waals surface area (Å²) >= 11 is 0. The Kier molecular flexibility index (Phi) is 7.32. The minimum atomic E-state index is -1.45. The van der Waals surface area contributed by atoms with Gasteiger partial charge in [0, 0.05) is 17.7 Å². The summed E-state index contributed by atoms with van der Waals surface area (Å²) < 4.78 is 10.6. The van der Waals surface area contributed by atoms with Crippen LogP contribution in [0.15, 0.2) is 36.4 Å². The molecule has 0 fully saturated rings. The smallest absolute Gasteiger partial charge is 0.331 e. The highest BCUT2D eigenvalue weighted by molar-refractivity contribution is 6.01. The van der Waals surface area contributed by atoms with Gasteiger partial charge >= 0.3 is 11.9 Å². The molecule has 0 heterocycles. The van der Waals surface area contributed by atoms with Crippen LogP contribution in [0, 0.1) is 0 Å². The minimum absolute atomic E-state index is 0.0381. The summed E-state index contributed by atoms with van der Waals surface area (Å²) in [5, 5.41) is 18.2. The fourth-order valence-electron chi connectivity index (χ4n) is 1.83. The van der Waals surface area contributed by atoms with Gasteiger partial charge in [-0.15, -0.1) is 0 Å². The molecule has 0 amide bonds. The molecular formula is C18H22O7. The number of benzene rings is 1. The Hall–Kier alpha value is -2.67. The van der Waals surface area contributed by atoms with Gasteiger partial charge in [0.1, 0.15) is 24.1 Å². The zero-order chi connectivity index (χ0) is 19.0. The van der Waals surface area contributed by atoms with Gasteiger partial charge in [-0.25, -0.2) is 9.59 Å². The molecule has 1 atom stereocenters. The third-order valence-corrected chi connectivity index (χ3v) is 3.20. The van der Waals surface area contributed by atoms with Gasteiger partial charge in [-0.3, -0.25) is 4.79 Å². The Labute approximate surface area is 145 Å². The van der Waals surface area contributed by atoms with Crippen molar-refractivity contribution in [1.82, 2.24) is 0 Å². The Balaban J connectivity index is 2.62. The monoisotopic (exact) mass is 350 g/mol. The van der Waals surface area contributed by atoms with Crippen LogP contribution in [0.25, 0.3) is 0 Å². The van der Waals surface area contributed by atoms with E-state index in [1.165, 1.54) is 13.8 Å². The van der Waals surface area contributed by atoms with Gasteiger partial charge in [-0.05, 0) is 44.5 Å². The summed E-state index contributed by atoms with van der Waals surface area (Å²) in [6.07, 6.45) is 1.66.